The first-order valence-electron chi connectivity index (χ1n) is 6.38. The predicted molar refractivity (Wildman–Crippen MR) is 85.8 cm³/mol. The van der Waals surface area contributed by atoms with Crippen LogP contribution in [0.3, 0.4) is 0 Å². The molecular formula is C16H16BrNO3. The molecule has 2 aromatic rings. The lowest BCUT2D eigenvalue weighted by Gasteiger charge is -2.11. The molecule has 0 radical (unpaired) electrons. The number of carbonyl (C=O) groups excluding carboxylic acids is 1. The van der Waals surface area contributed by atoms with E-state index in [-0.39, 0.29) is 5.97 Å². The van der Waals surface area contributed by atoms with Crippen LogP contribution in [-0.2, 0) is 11.3 Å². The van der Waals surface area contributed by atoms with Crippen molar-refractivity contribution in [2.24, 2.45) is 0 Å². The van der Waals surface area contributed by atoms with Gasteiger partial charge in [0.15, 0.2) is 0 Å². The van der Waals surface area contributed by atoms with Gasteiger partial charge in [0.1, 0.15) is 5.75 Å². The number of ether oxygens (including phenoxy) is 2. The van der Waals surface area contributed by atoms with Gasteiger partial charge in [0.2, 0.25) is 0 Å². The van der Waals surface area contributed by atoms with Crippen LogP contribution in [0.15, 0.2) is 46.9 Å². The first-order valence-corrected chi connectivity index (χ1v) is 7.18. The molecule has 0 atom stereocenters. The SMILES string of the molecule is COC(=O)c1ccc(Br)cc1CNc1ccc(OC)cc1. The van der Waals surface area contributed by atoms with Crippen molar-refractivity contribution in [2.45, 2.75) is 6.54 Å². The maximum atomic E-state index is 11.8. The minimum Gasteiger partial charge on any atom is -0.497 e. The van der Waals surface area contributed by atoms with E-state index in [1.54, 1.807) is 13.2 Å². The van der Waals surface area contributed by atoms with Gasteiger partial charge < -0.3 is 14.8 Å². The zero-order valence-corrected chi connectivity index (χ0v) is 13.4. The van der Waals surface area contributed by atoms with Crippen molar-refractivity contribution in [3.05, 3.63) is 58.1 Å². The number of esters is 1. The number of nitrogens with one attached hydrogen (secondary N) is 1. The van der Waals surface area contributed by atoms with Crippen LogP contribution in [0.25, 0.3) is 0 Å². The molecule has 4 nitrogen and oxygen atoms in total. The Morgan fingerprint density at radius 2 is 1.86 bits per heavy atom. The minimum atomic E-state index is -0.339. The Hall–Kier alpha value is -2.01. The quantitative estimate of drug-likeness (QED) is 0.832. The molecule has 5 heteroatoms. The fourth-order valence-electron chi connectivity index (χ4n) is 1.92. The van der Waals surface area contributed by atoms with Gasteiger partial charge in [0.05, 0.1) is 19.8 Å². The molecule has 0 aliphatic heterocycles. The van der Waals surface area contributed by atoms with Gasteiger partial charge in [-0.15, -0.1) is 0 Å². The molecule has 110 valence electrons. The Bertz CT molecular complexity index is 626. The number of benzene rings is 2. The highest BCUT2D eigenvalue weighted by molar-refractivity contribution is 9.10. The second-order valence-corrected chi connectivity index (χ2v) is 5.29. The summed E-state index contributed by atoms with van der Waals surface area (Å²) in [5.41, 5.74) is 2.38. The van der Waals surface area contributed by atoms with Crippen molar-refractivity contribution in [2.75, 3.05) is 19.5 Å². The summed E-state index contributed by atoms with van der Waals surface area (Å²) in [7, 11) is 3.01. The smallest absolute Gasteiger partial charge is 0.338 e. The molecule has 0 spiro atoms. The van der Waals surface area contributed by atoms with E-state index < -0.39 is 0 Å². The van der Waals surface area contributed by atoms with Crippen LogP contribution in [0.1, 0.15) is 15.9 Å². The number of methoxy groups -OCH3 is 2. The van der Waals surface area contributed by atoms with Crippen LogP contribution in [-0.4, -0.2) is 20.2 Å². The van der Waals surface area contributed by atoms with Gasteiger partial charge in [-0.2, -0.15) is 0 Å². The van der Waals surface area contributed by atoms with Crippen molar-refractivity contribution in [1.82, 2.24) is 0 Å². The summed E-state index contributed by atoms with van der Waals surface area (Å²) in [6, 6.07) is 13.1. The van der Waals surface area contributed by atoms with E-state index in [9.17, 15) is 4.79 Å². The van der Waals surface area contributed by atoms with E-state index in [2.05, 4.69) is 21.2 Å². The summed E-state index contributed by atoms with van der Waals surface area (Å²) >= 11 is 3.42. The van der Waals surface area contributed by atoms with Crippen LogP contribution in [0.5, 0.6) is 5.75 Å². The first kappa shape index (κ1) is 15.4. The van der Waals surface area contributed by atoms with Crippen LogP contribution in [0, 0.1) is 0 Å². The summed E-state index contributed by atoms with van der Waals surface area (Å²) in [6.45, 7) is 0.524. The summed E-state index contributed by atoms with van der Waals surface area (Å²) in [4.78, 5) is 11.8. The Balaban J connectivity index is 2.14. The highest BCUT2D eigenvalue weighted by Crippen LogP contribution is 2.20. The van der Waals surface area contributed by atoms with Crippen LogP contribution < -0.4 is 10.1 Å². The normalized spacial score (nSPS) is 10.0. The van der Waals surface area contributed by atoms with Crippen molar-refractivity contribution in [3.8, 4) is 5.75 Å². The Morgan fingerprint density at radius 1 is 1.14 bits per heavy atom. The molecule has 1 N–H and O–H groups in total. The van der Waals surface area contributed by atoms with Gasteiger partial charge in [0, 0.05) is 16.7 Å². The Labute approximate surface area is 132 Å². The molecule has 21 heavy (non-hydrogen) atoms. The number of hydrogen-bond acceptors (Lipinski definition) is 4. The fourth-order valence-corrected chi connectivity index (χ4v) is 2.33. The highest BCUT2D eigenvalue weighted by Gasteiger charge is 2.11. The standard InChI is InChI=1S/C16H16BrNO3/c1-20-14-6-4-13(5-7-14)18-10-11-9-12(17)3-8-15(11)16(19)21-2/h3-9,18H,10H2,1-2H3. The van der Waals surface area contributed by atoms with Gasteiger partial charge in [-0.3, -0.25) is 0 Å². The van der Waals surface area contributed by atoms with E-state index in [0.717, 1.165) is 21.5 Å². The van der Waals surface area contributed by atoms with Crippen LogP contribution >= 0.6 is 15.9 Å². The lowest BCUT2D eigenvalue weighted by atomic mass is 10.1. The van der Waals surface area contributed by atoms with Gasteiger partial charge in [-0.1, -0.05) is 15.9 Å². The average Bonchev–Trinajstić information content (AvgIpc) is 2.52. The molecule has 0 amide bonds. The average molecular weight is 350 g/mol. The van der Waals surface area contributed by atoms with E-state index >= 15 is 0 Å². The lowest BCUT2D eigenvalue weighted by Crippen LogP contribution is -2.09. The summed E-state index contributed by atoms with van der Waals surface area (Å²) in [5.74, 6) is 0.465. The molecule has 2 rings (SSSR count). The molecule has 0 fully saturated rings. The second-order valence-electron chi connectivity index (χ2n) is 4.38. The van der Waals surface area contributed by atoms with Crippen molar-refractivity contribution >= 4 is 27.6 Å². The molecule has 0 saturated heterocycles. The van der Waals surface area contributed by atoms with E-state index in [0.29, 0.717) is 12.1 Å². The summed E-state index contributed by atoms with van der Waals surface area (Å²) in [5, 5.41) is 3.27. The zero-order valence-electron chi connectivity index (χ0n) is 11.9. The van der Waals surface area contributed by atoms with E-state index in [1.165, 1.54) is 7.11 Å². The maximum absolute atomic E-state index is 11.8. The van der Waals surface area contributed by atoms with Crippen molar-refractivity contribution in [3.63, 3.8) is 0 Å². The third-order valence-electron chi connectivity index (χ3n) is 3.05. The largest absolute Gasteiger partial charge is 0.497 e. The lowest BCUT2D eigenvalue weighted by molar-refractivity contribution is 0.0599. The number of carbonyl (C=O) groups is 1. The van der Waals surface area contributed by atoms with Gasteiger partial charge in [0.25, 0.3) is 0 Å². The predicted octanol–water partition coefficient (Wildman–Crippen LogP) is 3.86. The third kappa shape index (κ3) is 3.98. The molecule has 0 aromatic heterocycles. The summed E-state index contributed by atoms with van der Waals surface area (Å²) in [6.07, 6.45) is 0. The molecular weight excluding hydrogens is 334 g/mol. The Morgan fingerprint density at radius 3 is 2.48 bits per heavy atom. The number of halogens is 1. The number of hydrogen-bond donors (Lipinski definition) is 1. The molecule has 0 bridgehead atoms. The van der Waals surface area contributed by atoms with Gasteiger partial charge >= 0.3 is 5.97 Å². The van der Waals surface area contributed by atoms with Crippen molar-refractivity contribution in [1.29, 1.82) is 0 Å². The molecule has 0 aliphatic rings. The minimum absolute atomic E-state index is 0.339. The monoisotopic (exact) mass is 349 g/mol. The van der Waals surface area contributed by atoms with Crippen LogP contribution in [0.4, 0.5) is 5.69 Å². The molecule has 0 aliphatic carbocycles. The van der Waals surface area contributed by atoms with E-state index in [1.807, 2.05) is 36.4 Å². The first-order chi connectivity index (χ1) is 10.1. The number of anilines is 1. The molecule has 0 saturated carbocycles. The fraction of sp³-hybridized carbons (Fsp3) is 0.188. The number of rotatable bonds is 5. The van der Waals surface area contributed by atoms with Crippen LogP contribution in [0.2, 0.25) is 0 Å². The summed E-state index contributed by atoms with van der Waals surface area (Å²) < 4.78 is 10.8. The second kappa shape index (κ2) is 7.13. The molecule has 2 aromatic carbocycles. The third-order valence-corrected chi connectivity index (χ3v) is 3.54. The Kier molecular flexibility index (Phi) is 5.22. The van der Waals surface area contributed by atoms with Gasteiger partial charge in [-0.05, 0) is 48.0 Å². The molecule has 0 unspecified atom stereocenters. The topological polar surface area (TPSA) is 47.6 Å². The highest BCUT2D eigenvalue weighted by atomic mass is 79.9. The zero-order chi connectivity index (χ0) is 15.2. The van der Waals surface area contributed by atoms with Gasteiger partial charge in [-0.25, -0.2) is 4.79 Å². The van der Waals surface area contributed by atoms with E-state index in [4.69, 9.17) is 9.47 Å². The maximum Gasteiger partial charge on any atom is 0.338 e. The molecule has 0 heterocycles. The van der Waals surface area contributed by atoms with Crippen molar-refractivity contribution < 1.29 is 14.3 Å².